The molecule has 1 amide bonds. The Labute approximate surface area is 141 Å². The first-order valence-electron chi connectivity index (χ1n) is 7.50. The molecule has 1 aromatic carbocycles. The minimum atomic E-state index is -0.319. The number of rotatable bonds is 5. The van der Waals surface area contributed by atoms with Crippen LogP contribution in [0.5, 0.6) is 0 Å². The third-order valence-electron chi connectivity index (χ3n) is 3.55. The Morgan fingerprint density at radius 1 is 1.26 bits per heavy atom. The van der Waals surface area contributed by atoms with Gasteiger partial charge in [-0.2, -0.15) is 0 Å². The number of thiocarbonyl (C=S) groups is 1. The van der Waals surface area contributed by atoms with Crippen LogP contribution in [0.4, 0.5) is 10.1 Å². The first-order valence-corrected chi connectivity index (χ1v) is 7.91. The Morgan fingerprint density at radius 2 is 1.91 bits per heavy atom. The van der Waals surface area contributed by atoms with Gasteiger partial charge in [0.1, 0.15) is 5.82 Å². The summed E-state index contributed by atoms with van der Waals surface area (Å²) in [5.74, 6) is -0.419. The molecular formula is C16H21FN4OS. The Kier molecular flexibility index (Phi) is 6.49. The molecule has 1 heterocycles. The summed E-state index contributed by atoms with van der Waals surface area (Å²) in [7, 11) is 0. The van der Waals surface area contributed by atoms with Crippen LogP contribution in [0, 0.1) is 5.82 Å². The zero-order valence-electron chi connectivity index (χ0n) is 12.9. The Balaban J connectivity index is 1.73. The lowest BCUT2D eigenvalue weighted by atomic mass is 10.3. The molecule has 0 saturated carbocycles. The highest BCUT2D eigenvalue weighted by atomic mass is 32.1. The maximum absolute atomic E-state index is 12.8. The van der Waals surface area contributed by atoms with Gasteiger partial charge in [-0.1, -0.05) is 6.08 Å². The highest BCUT2D eigenvalue weighted by molar-refractivity contribution is 7.80. The third-order valence-corrected chi connectivity index (χ3v) is 3.95. The zero-order valence-corrected chi connectivity index (χ0v) is 13.7. The van der Waals surface area contributed by atoms with Crippen molar-refractivity contribution in [1.29, 1.82) is 0 Å². The number of halogens is 1. The molecule has 1 saturated heterocycles. The van der Waals surface area contributed by atoms with Crippen LogP contribution in [-0.4, -0.2) is 60.1 Å². The molecule has 5 nitrogen and oxygen atoms in total. The van der Waals surface area contributed by atoms with E-state index in [9.17, 15) is 9.18 Å². The molecule has 23 heavy (non-hydrogen) atoms. The van der Waals surface area contributed by atoms with Crippen LogP contribution >= 0.6 is 12.2 Å². The summed E-state index contributed by atoms with van der Waals surface area (Å²) in [6, 6.07) is 5.75. The number of carbonyl (C=O) groups is 1. The standard InChI is InChI=1S/C16H21FN4OS/c1-2-7-18-16(23)21-10-8-20(9-11-21)12-15(22)19-14-5-3-13(17)4-6-14/h2-6H,1,7-12H2,(H,18,23)(H,19,22). The van der Waals surface area contributed by atoms with Gasteiger partial charge in [-0.15, -0.1) is 6.58 Å². The van der Waals surface area contributed by atoms with Crippen LogP contribution in [0.1, 0.15) is 0 Å². The fraction of sp³-hybridized carbons (Fsp3) is 0.375. The van der Waals surface area contributed by atoms with Crippen molar-refractivity contribution in [3.05, 3.63) is 42.7 Å². The first-order chi connectivity index (χ1) is 11.1. The van der Waals surface area contributed by atoms with Crippen molar-refractivity contribution in [2.75, 3.05) is 44.6 Å². The first kappa shape index (κ1) is 17.4. The molecule has 0 aromatic heterocycles. The van der Waals surface area contributed by atoms with E-state index in [1.54, 1.807) is 18.2 Å². The maximum atomic E-state index is 12.8. The van der Waals surface area contributed by atoms with Crippen LogP contribution in [0.3, 0.4) is 0 Å². The lowest BCUT2D eigenvalue weighted by molar-refractivity contribution is -0.117. The van der Waals surface area contributed by atoms with E-state index < -0.39 is 0 Å². The monoisotopic (exact) mass is 336 g/mol. The van der Waals surface area contributed by atoms with Crippen LogP contribution in [0.25, 0.3) is 0 Å². The topological polar surface area (TPSA) is 47.6 Å². The van der Waals surface area contributed by atoms with Gasteiger partial charge in [-0.25, -0.2) is 4.39 Å². The number of carbonyl (C=O) groups excluding carboxylic acids is 1. The number of nitrogens with one attached hydrogen (secondary N) is 2. The largest absolute Gasteiger partial charge is 0.359 e. The van der Waals surface area contributed by atoms with Crippen molar-refractivity contribution < 1.29 is 9.18 Å². The van der Waals surface area contributed by atoms with Gasteiger partial charge >= 0.3 is 0 Å². The van der Waals surface area contributed by atoms with E-state index in [1.807, 2.05) is 0 Å². The van der Waals surface area contributed by atoms with Crippen molar-refractivity contribution >= 4 is 28.9 Å². The van der Waals surface area contributed by atoms with Crippen LogP contribution < -0.4 is 10.6 Å². The van der Waals surface area contributed by atoms with Crippen molar-refractivity contribution in [2.45, 2.75) is 0 Å². The molecule has 1 aliphatic rings. The number of hydrogen-bond acceptors (Lipinski definition) is 3. The van der Waals surface area contributed by atoms with Gasteiger partial charge in [0, 0.05) is 38.4 Å². The van der Waals surface area contributed by atoms with E-state index in [1.165, 1.54) is 12.1 Å². The summed E-state index contributed by atoms with van der Waals surface area (Å²) < 4.78 is 12.8. The molecule has 0 atom stereocenters. The van der Waals surface area contributed by atoms with E-state index >= 15 is 0 Å². The SMILES string of the molecule is C=CCNC(=S)N1CCN(CC(=O)Nc2ccc(F)cc2)CC1. The van der Waals surface area contributed by atoms with Gasteiger partial charge in [-0.05, 0) is 36.5 Å². The summed E-state index contributed by atoms with van der Waals surface area (Å²) in [6.07, 6.45) is 1.77. The highest BCUT2D eigenvalue weighted by Gasteiger charge is 2.20. The van der Waals surface area contributed by atoms with Gasteiger partial charge in [0.2, 0.25) is 5.91 Å². The molecule has 0 unspecified atom stereocenters. The van der Waals surface area contributed by atoms with Crippen molar-refractivity contribution in [1.82, 2.24) is 15.1 Å². The molecule has 1 aromatic rings. The Hall–Kier alpha value is -1.99. The summed E-state index contributed by atoms with van der Waals surface area (Å²) >= 11 is 5.30. The highest BCUT2D eigenvalue weighted by Crippen LogP contribution is 2.09. The fourth-order valence-electron chi connectivity index (χ4n) is 2.32. The molecule has 7 heteroatoms. The van der Waals surface area contributed by atoms with Crippen molar-refractivity contribution in [2.24, 2.45) is 0 Å². The number of amides is 1. The van der Waals surface area contributed by atoms with Crippen LogP contribution in [-0.2, 0) is 4.79 Å². The second-order valence-electron chi connectivity index (χ2n) is 5.29. The van der Waals surface area contributed by atoms with E-state index in [2.05, 4.69) is 27.0 Å². The third kappa shape index (κ3) is 5.61. The summed E-state index contributed by atoms with van der Waals surface area (Å²) in [4.78, 5) is 16.2. The molecule has 2 N–H and O–H groups in total. The van der Waals surface area contributed by atoms with E-state index in [-0.39, 0.29) is 11.7 Å². The lowest BCUT2D eigenvalue weighted by Crippen LogP contribution is -2.52. The Morgan fingerprint density at radius 3 is 2.52 bits per heavy atom. The van der Waals surface area contributed by atoms with Gasteiger partial charge in [-0.3, -0.25) is 9.69 Å². The molecule has 1 aliphatic heterocycles. The average molecular weight is 336 g/mol. The molecule has 124 valence electrons. The van der Waals surface area contributed by atoms with Gasteiger partial charge in [0.25, 0.3) is 0 Å². The van der Waals surface area contributed by atoms with Gasteiger partial charge in [0.05, 0.1) is 6.54 Å². The molecular weight excluding hydrogens is 315 g/mol. The summed E-state index contributed by atoms with van der Waals surface area (Å²) in [6.45, 7) is 7.73. The van der Waals surface area contributed by atoms with Crippen molar-refractivity contribution in [3.63, 3.8) is 0 Å². The second kappa shape index (κ2) is 8.59. The second-order valence-corrected chi connectivity index (χ2v) is 5.68. The van der Waals surface area contributed by atoms with Gasteiger partial charge < -0.3 is 15.5 Å². The smallest absolute Gasteiger partial charge is 0.238 e. The number of hydrogen-bond donors (Lipinski definition) is 2. The summed E-state index contributed by atoms with van der Waals surface area (Å²) in [5.41, 5.74) is 0.602. The van der Waals surface area contributed by atoms with E-state index in [0.29, 0.717) is 18.8 Å². The predicted molar refractivity (Wildman–Crippen MR) is 93.8 cm³/mol. The fourth-order valence-corrected chi connectivity index (χ4v) is 2.58. The number of piperazine rings is 1. The molecule has 0 bridgehead atoms. The zero-order chi connectivity index (χ0) is 16.7. The number of benzene rings is 1. The summed E-state index contributed by atoms with van der Waals surface area (Å²) in [5, 5.41) is 6.60. The van der Waals surface area contributed by atoms with Crippen LogP contribution in [0.15, 0.2) is 36.9 Å². The van der Waals surface area contributed by atoms with Gasteiger partial charge in [0.15, 0.2) is 5.11 Å². The minimum Gasteiger partial charge on any atom is -0.359 e. The van der Waals surface area contributed by atoms with E-state index in [0.717, 1.165) is 31.3 Å². The minimum absolute atomic E-state index is 0.0996. The molecule has 2 rings (SSSR count). The Bertz CT molecular complexity index is 556. The predicted octanol–water partition coefficient (Wildman–Crippen LogP) is 1.44. The molecule has 0 spiro atoms. The maximum Gasteiger partial charge on any atom is 0.238 e. The van der Waals surface area contributed by atoms with Crippen molar-refractivity contribution in [3.8, 4) is 0 Å². The van der Waals surface area contributed by atoms with E-state index in [4.69, 9.17) is 12.2 Å². The average Bonchev–Trinajstić information content (AvgIpc) is 2.55. The van der Waals surface area contributed by atoms with Crippen LogP contribution in [0.2, 0.25) is 0 Å². The quantitative estimate of drug-likeness (QED) is 0.629. The number of nitrogens with zero attached hydrogens (tertiary/aromatic N) is 2. The number of anilines is 1. The normalized spacial score (nSPS) is 15.1. The molecule has 1 fully saturated rings. The lowest BCUT2D eigenvalue weighted by Gasteiger charge is -2.35. The molecule has 0 radical (unpaired) electrons. The molecule has 0 aliphatic carbocycles.